The highest BCUT2D eigenvalue weighted by atomic mass is 32.2. The van der Waals surface area contributed by atoms with Gasteiger partial charge in [-0.3, -0.25) is 4.79 Å². The SMILES string of the molecule is CCC(NC(=O)C(N)CCS(C)(=O)=O)c1ccccc1. The summed E-state index contributed by atoms with van der Waals surface area (Å²) in [4.78, 5) is 12.0. The van der Waals surface area contributed by atoms with Gasteiger partial charge in [0.1, 0.15) is 9.84 Å². The molecule has 5 nitrogen and oxygen atoms in total. The summed E-state index contributed by atoms with van der Waals surface area (Å²) in [6, 6.07) is 8.71. The molecule has 20 heavy (non-hydrogen) atoms. The first-order valence-electron chi connectivity index (χ1n) is 6.62. The van der Waals surface area contributed by atoms with Crippen molar-refractivity contribution in [3.63, 3.8) is 0 Å². The Morgan fingerprint density at radius 1 is 1.30 bits per heavy atom. The summed E-state index contributed by atoms with van der Waals surface area (Å²) < 4.78 is 22.1. The summed E-state index contributed by atoms with van der Waals surface area (Å²) in [7, 11) is -3.10. The Kier molecular flexibility index (Phi) is 6.16. The largest absolute Gasteiger partial charge is 0.348 e. The summed E-state index contributed by atoms with van der Waals surface area (Å²) in [6.45, 7) is 1.97. The van der Waals surface area contributed by atoms with Crippen LogP contribution in [-0.2, 0) is 14.6 Å². The quantitative estimate of drug-likeness (QED) is 0.786. The van der Waals surface area contributed by atoms with Crippen LogP contribution < -0.4 is 11.1 Å². The van der Waals surface area contributed by atoms with E-state index >= 15 is 0 Å². The average molecular weight is 298 g/mol. The third kappa shape index (κ3) is 5.71. The lowest BCUT2D eigenvalue weighted by Gasteiger charge is -2.20. The predicted octanol–water partition coefficient (Wildman–Crippen LogP) is 1.02. The van der Waals surface area contributed by atoms with Crippen LogP contribution >= 0.6 is 0 Å². The molecule has 0 saturated carbocycles. The van der Waals surface area contributed by atoms with Crippen LogP contribution in [0, 0.1) is 0 Å². The fourth-order valence-corrected chi connectivity index (χ4v) is 2.54. The lowest BCUT2D eigenvalue weighted by molar-refractivity contribution is -0.123. The molecule has 0 spiro atoms. The van der Waals surface area contributed by atoms with Gasteiger partial charge in [0, 0.05) is 6.26 Å². The number of nitrogens with one attached hydrogen (secondary N) is 1. The maximum Gasteiger partial charge on any atom is 0.237 e. The van der Waals surface area contributed by atoms with E-state index in [0.717, 1.165) is 18.2 Å². The Hall–Kier alpha value is -1.40. The normalized spacial score (nSPS) is 14.6. The Bertz CT molecular complexity index is 529. The summed E-state index contributed by atoms with van der Waals surface area (Å²) in [5, 5.41) is 2.86. The van der Waals surface area contributed by atoms with Crippen molar-refractivity contribution < 1.29 is 13.2 Å². The van der Waals surface area contributed by atoms with Gasteiger partial charge in [0.05, 0.1) is 17.8 Å². The van der Waals surface area contributed by atoms with E-state index < -0.39 is 15.9 Å². The van der Waals surface area contributed by atoms with Crippen molar-refractivity contribution in [2.24, 2.45) is 5.73 Å². The van der Waals surface area contributed by atoms with Crippen molar-refractivity contribution in [2.45, 2.75) is 31.8 Å². The van der Waals surface area contributed by atoms with E-state index in [0.29, 0.717) is 0 Å². The smallest absolute Gasteiger partial charge is 0.237 e. The number of carbonyl (C=O) groups is 1. The number of hydrogen-bond donors (Lipinski definition) is 2. The van der Waals surface area contributed by atoms with Crippen LogP contribution in [0.3, 0.4) is 0 Å². The van der Waals surface area contributed by atoms with Crippen LogP contribution in [0.2, 0.25) is 0 Å². The van der Waals surface area contributed by atoms with E-state index in [1.54, 1.807) is 0 Å². The van der Waals surface area contributed by atoms with Crippen LogP contribution in [0.1, 0.15) is 31.4 Å². The highest BCUT2D eigenvalue weighted by Crippen LogP contribution is 2.16. The summed E-state index contributed by atoms with van der Waals surface area (Å²) in [5.74, 6) is -0.395. The molecule has 0 fully saturated rings. The number of amides is 1. The molecule has 1 aromatic rings. The van der Waals surface area contributed by atoms with Gasteiger partial charge in [-0.25, -0.2) is 8.42 Å². The van der Waals surface area contributed by atoms with Crippen LogP contribution in [0.5, 0.6) is 0 Å². The Morgan fingerprint density at radius 2 is 1.90 bits per heavy atom. The molecule has 1 aromatic carbocycles. The van der Waals surface area contributed by atoms with Gasteiger partial charge in [-0.2, -0.15) is 0 Å². The van der Waals surface area contributed by atoms with Gasteiger partial charge in [-0.05, 0) is 18.4 Å². The number of nitrogens with two attached hydrogens (primary N) is 1. The zero-order valence-electron chi connectivity index (χ0n) is 11.9. The minimum atomic E-state index is -3.10. The molecule has 0 heterocycles. The lowest BCUT2D eigenvalue weighted by Crippen LogP contribution is -2.43. The van der Waals surface area contributed by atoms with Crippen molar-refractivity contribution in [1.29, 1.82) is 0 Å². The molecule has 6 heteroatoms. The molecular formula is C14H22N2O3S. The molecule has 0 radical (unpaired) electrons. The summed E-state index contributed by atoms with van der Waals surface area (Å²) in [6.07, 6.45) is 2.01. The number of benzene rings is 1. The summed E-state index contributed by atoms with van der Waals surface area (Å²) in [5.41, 5.74) is 6.74. The van der Waals surface area contributed by atoms with Crippen molar-refractivity contribution >= 4 is 15.7 Å². The first-order chi connectivity index (χ1) is 9.33. The molecule has 0 aliphatic heterocycles. The first kappa shape index (κ1) is 16.7. The van der Waals surface area contributed by atoms with Crippen molar-refractivity contribution in [3.05, 3.63) is 35.9 Å². The third-order valence-corrected chi connectivity index (χ3v) is 4.04. The molecular weight excluding hydrogens is 276 g/mol. The molecule has 1 amide bonds. The minimum absolute atomic E-state index is 0.0796. The Balaban J connectivity index is 2.59. The number of rotatable bonds is 7. The fourth-order valence-electron chi connectivity index (χ4n) is 1.86. The highest BCUT2D eigenvalue weighted by molar-refractivity contribution is 7.90. The lowest BCUT2D eigenvalue weighted by atomic mass is 10.0. The molecule has 0 saturated heterocycles. The number of hydrogen-bond acceptors (Lipinski definition) is 4. The monoisotopic (exact) mass is 298 g/mol. The molecule has 0 bridgehead atoms. The van der Waals surface area contributed by atoms with Gasteiger partial charge in [0.15, 0.2) is 0 Å². The van der Waals surface area contributed by atoms with Crippen LogP contribution in [0.15, 0.2) is 30.3 Å². The van der Waals surface area contributed by atoms with Crippen molar-refractivity contribution in [3.8, 4) is 0 Å². The Labute approximate surface area is 120 Å². The van der Waals surface area contributed by atoms with Gasteiger partial charge in [0.2, 0.25) is 5.91 Å². The molecule has 112 valence electrons. The molecule has 0 aliphatic carbocycles. The van der Waals surface area contributed by atoms with E-state index in [9.17, 15) is 13.2 Å². The second-order valence-electron chi connectivity index (χ2n) is 4.91. The van der Waals surface area contributed by atoms with E-state index in [-0.39, 0.29) is 24.1 Å². The molecule has 2 unspecified atom stereocenters. The average Bonchev–Trinajstić information content (AvgIpc) is 2.42. The topological polar surface area (TPSA) is 89.3 Å². The Morgan fingerprint density at radius 3 is 2.40 bits per heavy atom. The first-order valence-corrected chi connectivity index (χ1v) is 8.68. The number of carbonyl (C=O) groups excluding carboxylic acids is 1. The van der Waals surface area contributed by atoms with Gasteiger partial charge in [-0.1, -0.05) is 37.3 Å². The van der Waals surface area contributed by atoms with Gasteiger partial charge >= 0.3 is 0 Å². The molecule has 0 aromatic heterocycles. The second-order valence-corrected chi connectivity index (χ2v) is 7.16. The van der Waals surface area contributed by atoms with E-state index in [1.807, 2.05) is 37.3 Å². The van der Waals surface area contributed by atoms with Crippen LogP contribution in [-0.4, -0.2) is 32.4 Å². The van der Waals surface area contributed by atoms with Crippen LogP contribution in [0.4, 0.5) is 0 Å². The zero-order chi connectivity index (χ0) is 15.2. The van der Waals surface area contributed by atoms with Crippen molar-refractivity contribution in [2.75, 3.05) is 12.0 Å². The summed E-state index contributed by atoms with van der Waals surface area (Å²) >= 11 is 0. The molecule has 0 aliphatic rings. The predicted molar refractivity (Wildman–Crippen MR) is 79.9 cm³/mol. The minimum Gasteiger partial charge on any atom is -0.348 e. The number of sulfone groups is 1. The van der Waals surface area contributed by atoms with Crippen LogP contribution in [0.25, 0.3) is 0 Å². The fraction of sp³-hybridized carbons (Fsp3) is 0.500. The molecule has 3 N–H and O–H groups in total. The standard InChI is InChI=1S/C14H22N2O3S/c1-3-13(11-7-5-4-6-8-11)16-14(17)12(15)9-10-20(2,18)19/h4-8,12-13H,3,9-10,15H2,1-2H3,(H,16,17). The maximum absolute atomic E-state index is 12.0. The van der Waals surface area contributed by atoms with E-state index in [4.69, 9.17) is 5.73 Å². The third-order valence-electron chi connectivity index (χ3n) is 3.06. The maximum atomic E-state index is 12.0. The second kappa shape index (κ2) is 7.40. The van der Waals surface area contributed by atoms with Gasteiger partial charge in [0.25, 0.3) is 0 Å². The van der Waals surface area contributed by atoms with E-state index in [2.05, 4.69) is 5.32 Å². The molecule has 2 atom stereocenters. The molecule has 1 rings (SSSR count). The zero-order valence-corrected chi connectivity index (χ0v) is 12.7. The van der Waals surface area contributed by atoms with Gasteiger partial charge in [-0.15, -0.1) is 0 Å². The van der Waals surface area contributed by atoms with Crippen molar-refractivity contribution in [1.82, 2.24) is 5.32 Å². The van der Waals surface area contributed by atoms with E-state index in [1.165, 1.54) is 0 Å². The van der Waals surface area contributed by atoms with Gasteiger partial charge < -0.3 is 11.1 Å². The highest BCUT2D eigenvalue weighted by Gasteiger charge is 2.19.